The molecule has 248 valence electrons. The fraction of sp³-hybridized carbons (Fsp3) is 0.306. The zero-order valence-electron chi connectivity index (χ0n) is 26.4. The number of aliphatic hydroxyl groups is 1. The molecular formula is C36H38O10S. The third-order valence-corrected chi connectivity index (χ3v) is 8.44. The monoisotopic (exact) mass is 662 g/mol. The van der Waals surface area contributed by atoms with Crippen LogP contribution in [0, 0.1) is 6.92 Å². The van der Waals surface area contributed by atoms with Crippen LogP contribution >= 0.6 is 11.8 Å². The summed E-state index contributed by atoms with van der Waals surface area (Å²) in [5, 5.41) is 30.4. The number of rotatable bonds is 16. The van der Waals surface area contributed by atoms with Crippen molar-refractivity contribution in [3.05, 3.63) is 106 Å². The van der Waals surface area contributed by atoms with E-state index in [9.17, 15) is 24.6 Å². The van der Waals surface area contributed by atoms with Crippen molar-refractivity contribution in [3.63, 3.8) is 0 Å². The van der Waals surface area contributed by atoms with Gasteiger partial charge in [-0.1, -0.05) is 37.6 Å². The number of phenolic OH excluding ortho intramolecular Hbond substituents is 1. The van der Waals surface area contributed by atoms with Gasteiger partial charge in [0.15, 0.2) is 11.2 Å². The van der Waals surface area contributed by atoms with Crippen LogP contribution in [0.2, 0.25) is 0 Å². The van der Waals surface area contributed by atoms with E-state index < -0.39 is 28.9 Å². The average molecular weight is 663 g/mol. The fourth-order valence-electron chi connectivity index (χ4n) is 4.92. The number of aromatic hydroxyl groups is 1. The molecular weight excluding hydrogens is 624 g/mol. The number of aryl methyl sites for hydroxylation is 1. The summed E-state index contributed by atoms with van der Waals surface area (Å²) in [6.45, 7) is 5.71. The molecule has 3 N–H and O–H groups in total. The number of allylic oxidation sites excluding steroid dienone is 3. The molecule has 47 heavy (non-hydrogen) atoms. The van der Waals surface area contributed by atoms with Crippen molar-refractivity contribution in [3.8, 4) is 17.4 Å². The van der Waals surface area contributed by atoms with Gasteiger partial charge in [0, 0.05) is 16.0 Å². The second-order valence-electron chi connectivity index (χ2n) is 10.9. The van der Waals surface area contributed by atoms with Gasteiger partial charge in [-0.25, -0.2) is 4.79 Å². The maximum atomic E-state index is 12.4. The third-order valence-electron chi connectivity index (χ3n) is 7.23. The normalized spacial score (nSPS) is 12.9. The smallest absolute Gasteiger partial charge is 0.507 e. The molecule has 4 rings (SSSR count). The van der Waals surface area contributed by atoms with Gasteiger partial charge in [0.2, 0.25) is 0 Å². The first kappa shape index (κ1) is 35.1. The quantitative estimate of drug-likeness (QED) is 0.0349. The molecule has 0 fully saturated rings. The lowest BCUT2D eigenvalue weighted by Gasteiger charge is -2.18. The molecule has 0 aliphatic rings. The van der Waals surface area contributed by atoms with E-state index in [4.69, 9.17) is 18.7 Å². The number of carbonyl (C=O) groups excluding carboxylic acids is 1. The topological polar surface area (TPSA) is 157 Å². The molecule has 0 saturated heterocycles. The Morgan fingerprint density at radius 1 is 1.09 bits per heavy atom. The zero-order valence-corrected chi connectivity index (χ0v) is 27.2. The summed E-state index contributed by atoms with van der Waals surface area (Å²) in [4.78, 5) is 35.8. The number of ether oxygens (including phenoxy) is 2. The summed E-state index contributed by atoms with van der Waals surface area (Å²) in [5.74, 6) is 0.659. The van der Waals surface area contributed by atoms with Gasteiger partial charge in [-0.05, 0) is 75.9 Å². The molecule has 0 unspecified atom stereocenters. The molecule has 2 heterocycles. The third kappa shape index (κ3) is 9.63. The Labute approximate surface area is 276 Å². The number of Topliss-reactive ketones (excluding diaryl/α,β-unsaturated/α-hetero) is 1. The standard InChI is InChI=1S/C36H38O10S/c1-4-11-28-30(16-15-26(23(3)37)35(28)40)43-17-10-8-6-5-7-9-12-32(34(39)24-18-22(2)44-21-24)47-25-13-14-27-29(38)20-33(46-36(41)42)45-31(27)19-25/h5,7,9,12-16,18-21,32,34,39-40H,4,6,8,10-11,17H2,1-3H3,(H,41,42)/b7-5-,12-9+/t32-,34+/m0/s1. The Balaban J connectivity index is 1.37. The Hall–Kier alpha value is -4.74. The molecule has 0 aliphatic heterocycles. The fourth-order valence-corrected chi connectivity index (χ4v) is 6.01. The van der Waals surface area contributed by atoms with Gasteiger partial charge in [0.05, 0.1) is 41.2 Å². The van der Waals surface area contributed by atoms with E-state index in [-0.39, 0.29) is 22.5 Å². The number of benzene rings is 2. The molecule has 11 heteroatoms. The maximum absolute atomic E-state index is 12.4. The highest BCUT2D eigenvalue weighted by atomic mass is 32.2. The lowest BCUT2D eigenvalue weighted by molar-refractivity contribution is 0.101. The minimum atomic E-state index is -1.59. The van der Waals surface area contributed by atoms with Crippen molar-refractivity contribution in [2.24, 2.45) is 0 Å². The molecule has 0 bridgehead atoms. The van der Waals surface area contributed by atoms with E-state index in [2.05, 4.69) is 4.74 Å². The number of carboxylic acid groups (broad SMARTS) is 1. The van der Waals surface area contributed by atoms with Gasteiger partial charge in [0.1, 0.15) is 22.8 Å². The number of ketones is 1. The van der Waals surface area contributed by atoms with E-state index in [0.717, 1.165) is 31.7 Å². The van der Waals surface area contributed by atoms with Gasteiger partial charge < -0.3 is 33.6 Å². The van der Waals surface area contributed by atoms with E-state index in [0.29, 0.717) is 46.1 Å². The van der Waals surface area contributed by atoms with Gasteiger partial charge >= 0.3 is 6.16 Å². The van der Waals surface area contributed by atoms with Crippen LogP contribution in [0.15, 0.2) is 91.6 Å². The first-order valence-electron chi connectivity index (χ1n) is 15.3. The largest absolute Gasteiger partial charge is 0.513 e. The van der Waals surface area contributed by atoms with Crippen molar-refractivity contribution in [2.45, 2.75) is 69.1 Å². The minimum Gasteiger partial charge on any atom is -0.507 e. The van der Waals surface area contributed by atoms with Crippen molar-refractivity contribution in [1.82, 2.24) is 0 Å². The average Bonchev–Trinajstić information content (AvgIpc) is 3.46. The van der Waals surface area contributed by atoms with Crippen LogP contribution < -0.4 is 14.9 Å². The molecule has 0 saturated carbocycles. The van der Waals surface area contributed by atoms with Crippen molar-refractivity contribution < 1.29 is 43.2 Å². The van der Waals surface area contributed by atoms with Crippen molar-refractivity contribution in [2.75, 3.05) is 6.61 Å². The van der Waals surface area contributed by atoms with E-state index >= 15 is 0 Å². The zero-order chi connectivity index (χ0) is 33.9. The maximum Gasteiger partial charge on any atom is 0.513 e. The molecule has 0 amide bonds. The highest BCUT2D eigenvalue weighted by Crippen LogP contribution is 2.36. The van der Waals surface area contributed by atoms with E-state index in [1.54, 1.807) is 43.3 Å². The summed E-state index contributed by atoms with van der Waals surface area (Å²) in [6, 6.07) is 11.0. The second-order valence-corrected chi connectivity index (χ2v) is 12.1. The first-order chi connectivity index (χ1) is 22.6. The number of hydrogen-bond acceptors (Lipinski definition) is 10. The number of unbranched alkanes of at least 4 members (excludes halogenated alkanes) is 2. The summed E-state index contributed by atoms with van der Waals surface area (Å²) < 4.78 is 21.4. The molecule has 0 radical (unpaired) electrons. The molecule has 2 atom stereocenters. The molecule has 4 aromatic rings. The molecule has 10 nitrogen and oxygen atoms in total. The van der Waals surface area contributed by atoms with Crippen LogP contribution in [0.25, 0.3) is 11.0 Å². The summed E-state index contributed by atoms with van der Waals surface area (Å²) in [7, 11) is 0. The number of aliphatic hydroxyl groups excluding tert-OH is 1. The van der Waals surface area contributed by atoms with Crippen molar-refractivity contribution in [1.29, 1.82) is 0 Å². The van der Waals surface area contributed by atoms with Gasteiger partial charge in [-0.3, -0.25) is 9.59 Å². The van der Waals surface area contributed by atoms with Crippen LogP contribution in [0.4, 0.5) is 4.79 Å². The predicted molar refractivity (Wildman–Crippen MR) is 179 cm³/mol. The second kappa shape index (κ2) is 16.7. The Bertz CT molecular complexity index is 1820. The van der Waals surface area contributed by atoms with Gasteiger partial charge in [-0.2, -0.15) is 0 Å². The highest BCUT2D eigenvalue weighted by molar-refractivity contribution is 8.00. The van der Waals surface area contributed by atoms with Crippen LogP contribution in [0.3, 0.4) is 0 Å². The lowest BCUT2D eigenvalue weighted by atomic mass is 10.0. The molecule has 2 aromatic carbocycles. The molecule has 0 aliphatic carbocycles. The van der Waals surface area contributed by atoms with Crippen LogP contribution in [-0.4, -0.2) is 39.1 Å². The van der Waals surface area contributed by atoms with Crippen molar-refractivity contribution >= 4 is 34.7 Å². The number of fused-ring (bicyclic) bond motifs is 1. The van der Waals surface area contributed by atoms with Crippen LogP contribution in [0.1, 0.15) is 72.9 Å². The number of furan rings is 1. The number of thioether (sulfide) groups is 1. The SMILES string of the molecule is CCCc1c(OCCCC/C=C\C=C\[C@H](Sc2ccc3c(=O)cc(OC(=O)O)oc3c2)[C@H](O)c2coc(C)c2)ccc(C(C)=O)c1O. The van der Waals surface area contributed by atoms with Crippen LogP contribution in [0.5, 0.6) is 17.4 Å². The first-order valence-corrected chi connectivity index (χ1v) is 16.2. The molecule has 2 aromatic heterocycles. The number of carbonyl (C=O) groups is 2. The lowest BCUT2D eigenvalue weighted by Crippen LogP contribution is -2.12. The summed E-state index contributed by atoms with van der Waals surface area (Å²) in [5.41, 5.74) is 1.30. The molecule has 0 spiro atoms. The van der Waals surface area contributed by atoms with Gasteiger partial charge in [-0.15, -0.1) is 11.8 Å². The number of hydrogen-bond donors (Lipinski definition) is 3. The predicted octanol–water partition coefficient (Wildman–Crippen LogP) is 8.17. The Morgan fingerprint density at radius 3 is 2.60 bits per heavy atom. The number of phenols is 1. The van der Waals surface area contributed by atoms with Crippen LogP contribution in [-0.2, 0) is 6.42 Å². The highest BCUT2D eigenvalue weighted by Gasteiger charge is 2.22. The Morgan fingerprint density at radius 2 is 1.89 bits per heavy atom. The minimum absolute atomic E-state index is 0.00255. The van der Waals surface area contributed by atoms with Gasteiger partial charge in [0.25, 0.3) is 5.95 Å². The summed E-state index contributed by atoms with van der Waals surface area (Å²) in [6.07, 6.45) is 10.6. The summed E-state index contributed by atoms with van der Waals surface area (Å²) >= 11 is 1.34. The van der Waals surface area contributed by atoms with E-state index in [1.165, 1.54) is 24.9 Å². The Kier molecular flexibility index (Phi) is 12.5. The van der Waals surface area contributed by atoms with E-state index in [1.807, 2.05) is 31.2 Å².